The highest BCUT2D eigenvalue weighted by Crippen LogP contribution is 2.34. The summed E-state index contributed by atoms with van der Waals surface area (Å²) in [5.41, 5.74) is 5.67. The van der Waals surface area contributed by atoms with Crippen LogP contribution in [0.4, 0.5) is 5.69 Å². The van der Waals surface area contributed by atoms with E-state index in [0.29, 0.717) is 12.2 Å². The van der Waals surface area contributed by atoms with Crippen molar-refractivity contribution in [1.82, 2.24) is 15.4 Å². The second-order valence-electron chi connectivity index (χ2n) is 6.48. The van der Waals surface area contributed by atoms with Crippen molar-refractivity contribution in [2.24, 2.45) is 0 Å². The lowest BCUT2D eigenvalue weighted by Crippen LogP contribution is -2.23. The van der Waals surface area contributed by atoms with Gasteiger partial charge in [0.05, 0.1) is 19.3 Å². The number of amides is 1. The molecule has 7 heteroatoms. The highest BCUT2D eigenvalue weighted by atomic mass is 16.5. The van der Waals surface area contributed by atoms with Crippen molar-refractivity contribution in [2.75, 3.05) is 12.0 Å². The first kappa shape index (κ1) is 16.3. The van der Waals surface area contributed by atoms with Crippen LogP contribution in [0.25, 0.3) is 22.5 Å². The van der Waals surface area contributed by atoms with Crippen molar-refractivity contribution in [3.63, 3.8) is 0 Å². The van der Waals surface area contributed by atoms with Crippen LogP contribution in [-0.4, -0.2) is 28.4 Å². The minimum Gasteiger partial charge on any atom is -0.497 e. The molecule has 1 aliphatic heterocycles. The summed E-state index contributed by atoms with van der Waals surface area (Å²) in [5.74, 6) is 0.692. The predicted molar refractivity (Wildman–Crippen MR) is 103 cm³/mol. The van der Waals surface area contributed by atoms with Gasteiger partial charge in [0.1, 0.15) is 23.4 Å². The van der Waals surface area contributed by atoms with Crippen LogP contribution >= 0.6 is 0 Å². The Morgan fingerprint density at radius 3 is 2.46 bits per heavy atom. The van der Waals surface area contributed by atoms with E-state index in [1.165, 1.54) is 6.26 Å². The molecule has 0 saturated carbocycles. The molecule has 7 nitrogen and oxygen atoms in total. The molecule has 0 fully saturated rings. The Bertz CT molecular complexity index is 1130. The average Bonchev–Trinajstić information content (AvgIpc) is 3.47. The number of fused-ring (bicyclic) bond motifs is 1. The maximum atomic E-state index is 12.9. The predicted octanol–water partition coefficient (Wildman–Crippen LogP) is 3.90. The van der Waals surface area contributed by atoms with E-state index in [9.17, 15) is 4.79 Å². The number of aromatic amines is 1. The zero-order valence-corrected chi connectivity index (χ0v) is 15.0. The van der Waals surface area contributed by atoms with Crippen LogP contribution in [0.1, 0.15) is 16.1 Å². The number of H-pyrrole nitrogens is 1. The number of carbonyl (C=O) groups excluding carboxylic acids is 1. The van der Waals surface area contributed by atoms with Gasteiger partial charge in [-0.1, -0.05) is 17.3 Å². The minimum atomic E-state index is -0.0866. The van der Waals surface area contributed by atoms with Crippen LogP contribution in [0, 0.1) is 0 Å². The first-order valence-corrected chi connectivity index (χ1v) is 8.79. The van der Waals surface area contributed by atoms with Gasteiger partial charge in [0.2, 0.25) is 0 Å². The third-order valence-electron chi connectivity index (χ3n) is 4.92. The number of aromatic nitrogens is 3. The van der Waals surface area contributed by atoms with Crippen LogP contribution in [0.15, 0.2) is 65.4 Å². The fourth-order valence-electron chi connectivity index (χ4n) is 3.43. The van der Waals surface area contributed by atoms with E-state index >= 15 is 0 Å². The molecule has 138 valence electrons. The van der Waals surface area contributed by atoms with E-state index in [1.54, 1.807) is 18.1 Å². The van der Waals surface area contributed by atoms with E-state index in [1.807, 2.05) is 48.5 Å². The number of hydrogen-bond donors (Lipinski definition) is 1. The SMILES string of the molecule is COc1ccc(-c2n[nH]c3c2CN(c2ccc(-c4ccon4)cc2)C3=O)cc1. The third-order valence-corrected chi connectivity index (χ3v) is 4.92. The molecule has 4 aromatic rings. The Balaban J connectivity index is 1.44. The molecule has 5 rings (SSSR count). The standard InChI is InChI=1S/C21H16N4O3/c1-27-16-8-4-14(5-9-16)19-17-12-25(21(26)20(17)23-22-19)15-6-2-13(3-7-15)18-10-11-28-24-18/h2-11H,12H2,1H3,(H,22,23). The van der Waals surface area contributed by atoms with Crippen molar-refractivity contribution in [1.29, 1.82) is 0 Å². The molecule has 0 bridgehead atoms. The van der Waals surface area contributed by atoms with Gasteiger partial charge in [-0.05, 0) is 36.4 Å². The number of benzene rings is 2. The molecule has 0 saturated heterocycles. The molecule has 2 aromatic heterocycles. The first-order valence-electron chi connectivity index (χ1n) is 8.79. The molecule has 1 aliphatic rings. The summed E-state index contributed by atoms with van der Waals surface area (Å²) in [4.78, 5) is 14.6. The van der Waals surface area contributed by atoms with E-state index in [-0.39, 0.29) is 5.91 Å². The van der Waals surface area contributed by atoms with Gasteiger partial charge in [0, 0.05) is 28.4 Å². The van der Waals surface area contributed by atoms with Gasteiger partial charge in [0.25, 0.3) is 5.91 Å². The van der Waals surface area contributed by atoms with Crippen LogP contribution in [-0.2, 0) is 6.54 Å². The fraction of sp³-hybridized carbons (Fsp3) is 0.0952. The maximum absolute atomic E-state index is 12.9. The lowest BCUT2D eigenvalue weighted by atomic mass is 10.1. The number of methoxy groups -OCH3 is 1. The van der Waals surface area contributed by atoms with Crippen molar-refractivity contribution in [3.8, 4) is 28.3 Å². The van der Waals surface area contributed by atoms with E-state index in [0.717, 1.165) is 39.5 Å². The number of hydrogen-bond acceptors (Lipinski definition) is 5. The number of nitrogens with zero attached hydrogens (tertiary/aromatic N) is 3. The van der Waals surface area contributed by atoms with E-state index < -0.39 is 0 Å². The summed E-state index contributed by atoms with van der Waals surface area (Å²) in [6.07, 6.45) is 1.54. The fourth-order valence-corrected chi connectivity index (χ4v) is 3.43. The van der Waals surface area contributed by atoms with Gasteiger partial charge in [-0.15, -0.1) is 0 Å². The second-order valence-corrected chi connectivity index (χ2v) is 6.48. The summed E-state index contributed by atoms with van der Waals surface area (Å²) >= 11 is 0. The molecule has 2 aromatic carbocycles. The average molecular weight is 372 g/mol. The summed E-state index contributed by atoms with van der Waals surface area (Å²) in [6, 6.07) is 17.1. The van der Waals surface area contributed by atoms with Gasteiger partial charge < -0.3 is 14.2 Å². The van der Waals surface area contributed by atoms with Crippen LogP contribution in [0.2, 0.25) is 0 Å². The van der Waals surface area contributed by atoms with E-state index in [2.05, 4.69) is 15.4 Å². The number of ether oxygens (including phenoxy) is 1. The van der Waals surface area contributed by atoms with Crippen molar-refractivity contribution in [2.45, 2.75) is 6.54 Å². The minimum absolute atomic E-state index is 0.0866. The van der Waals surface area contributed by atoms with Crippen LogP contribution in [0.5, 0.6) is 5.75 Å². The zero-order valence-electron chi connectivity index (χ0n) is 15.0. The number of nitrogens with one attached hydrogen (secondary N) is 1. The van der Waals surface area contributed by atoms with Gasteiger partial charge in [-0.3, -0.25) is 9.89 Å². The summed E-state index contributed by atoms with van der Waals surface area (Å²) < 4.78 is 10.1. The van der Waals surface area contributed by atoms with Gasteiger partial charge in [-0.25, -0.2) is 0 Å². The van der Waals surface area contributed by atoms with Crippen molar-refractivity contribution >= 4 is 11.6 Å². The topological polar surface area (TPSA) is 84.2 Å². The molecular weight excluding hydrogens is 356 g/mol. The summed E-state index contributed by atoms with van der Waals surface area (Å²) in [7, 11) is 1.63. The number of anilines is 1. The Morgan fingerprint density at radius 2 is 1.79 bits per heavy atom. The normalized spacial score (nSPS) is 13.0. The molecule has 0 spiro atoms. The number of rotatable bonds is 4. The highest BCUT2D eigenvalue weighted by Gasteiger charge is 2.33. The molecule has 1 N–H and O–H groups in total. The lowest BCUT2D eigenvalue weighted by Gasteiger charge is -2.16. The zero-order chi connectivity index (χ0) is 19.1. The summed E-state index contributed by atoms with van der Waals surface area (Å²) in [6.45, 7) is 0.468. The third kappa shape index (κ3) is 2.56. The Kier molecular flexibility index (Phi) is 3.72. The maximum Gasteiger partial charge on any atom is 0.276 e. The monoisotopic (exact) mass is 372 g/mol. The molecule has 3 heterocycles. The molecule has 28 heavy (non-hydrogen) atoms. The van der Waals surface area contributed by atoms with Crippen molar-refractivity contribution in [3.05, 3.63) is 72.1 Å². The molecule has 0 unspecified atom stereocenters. The van der Waals surface area contributed by atoms with Gasteiger partial charge in [-0.2, -0.15) is 5.10 Å². The largest absolute Gasteiger partial charge is 0.497 e. The molecule has 1 amide bonds. The van der Waals surface area contributed by atoms with Crippen LogP contribution in [0.3, 0.4) is 0 Å². The molecule has 0 aliphatic carbocycles. The Labute approximate surface area is 160 Å². The Hall–Kier alpha value is -3.87. The lowest BCUT2D eigenvalue weighted by molar-refractivity contribution is 0.0992. The number of carbonyl (C=O) groups is 1. The quantitative estimate of drug-likeness (QED) is 0.587. The Morgan fingerprint density at radius 1 is 1.04 bits per heavy atom. The van der Waals surface area contributed by atoms with Crippen LogP contribution < -0.4 is 9.64 Å². The highest BCUT2D eigenvalue weighted by molar-refractivity contribution is 6.10. The van der Waals surface area contributed by atoms with E-state index in [4.69, 9.17) is 9.26 Å². The second kappa shape index (κ2) is 6.38. The summed E-state index contributed by atoms with van der Waals surface area (Å²) in [5, 5.41) is 11.2. The van der Waals surface area contributed by atoms with Crippen molar-refractivity contribution < 1.29 is 14.1 Å². The van der Waals surface area contributed by atoms with Gasteiger partial charge in [0.15, 0.2) is 0 Å². The smallest absolute Gasteiger partial charge is 0.276 e. The van der Waals surface area contributed by atoms with Gasteiger partial charge >= 0.3 is 0 Å². The molecule has 0 radical (unpaired) electrons. The molecular formula is C21H16N4O3. The molecule has 0 atom stereocenters. The first-order chi connectivity index (χ1) is 13.7.